The lowest BCUT2D eigenvalue weighted by Crippen LogP contribution is -2.37. The third kappa shape index (κ3) is 4.63. The molecule has 0 bridgehead atoms. The van der Waals surface area contributed by atoms with Crippen molar-refractivity contribution < 1.29 is 4.79 Å². The van der Waals surface area contributed by atoms with Gasteiger partial charge in [0.25, 0.3) is 0 Å². The third-order valence-electron chi connectivity index (χ3n) is 5.47. The van der Waals surface area contributed by atoms with E-state index in [-0.39, 0.29) is 18.5 Å². The van der Waals surface area contributed by atoms with Crippen molar-refractivity contribution in [3.8, 4) is 0 Å². The van der Waals surface area contributed by atoms with Crippen molar-refractivity contribution in [1.29, 1.82) is 0 Å². The van der Waals surface area contributed by atoms with Crippen LogP contribution in [0, 0.1) is 20.8 Å². The fraction of sp³-hybridized carbons (Fsp3) is 0.348. The predicted molar refractivity (Wildman–Crippen MR) is 118 cm³/mol. The van der Waals surface area contributed by atoms with Gasteiger partial charge in [-0.05, 0) is 63.9 Å². The number of carbonyl (C=O) groups is 1. The Labute approximate surface area is 181 Å². The molecule has 1 aliphatic rings. The second kappa shape index (κ2) is 8.67. The average molecular weight is 419 g/mol. The van der Waals surface area contributed by atoms with Crippen molar-refractivity contribution in [1.82, 2.24) is 24.4 Å². The quantitative estimate of drug-likeness (QED) is 0.685. The molecule has 0 unspecified atom stereocenters. The minimum absolute atomic E-state index is 0.0143. The fourth-order valence-corrected chi connectivity index (χ4v) is 4.02. The van der Waals surface area contributed by atoms with Gasteiger partial charge in [-0.1, -0.05) is 12.1 Å². The number of pyridine rings is 2. The molecule has 1 amide bonds. The summed E-state index contributed by atoms with van der Waals surface area (Å²) in [7, 11) is 0. The lowest BCUT2D eigenvalue weighted by molar-refractivity contribution is -0.133. The van der Waals surface area contributed by atoms with Gasteiger partial charge in [-0.2, -0.15) is 4.98 Å². The maximum atomic E-state index is 13.1. The maximum absolute atomic E-state index is 13.1. The molecule has 0 aliphatic carbocycles. The second-order valence-electron chi connectivity index (χ2n) is 7.89. The maximum Gasteiger partial charge on any atom is 0.348 e. The summed E-state index contributed by atoms with van der Waals surface area (Å²) in [5.74, 6) is 1.31. The topological polar surface area (TPSA) is 93.0 Å². The molecule has 3 aromatic heterocycles. The summed E-state index contributed by atoms with van der Waals surface area (Å²) in [6.07, 6.45) is 1.74. The Balaban J connectivity index is 1.53. The van der Waals surface area contributed by atoms with E-state index >= 15 is 0 Å². The van der Waals surface area contributed by atoms with Gasteiger partial charge < -0.3 is 10.2 Å². The van der Waals surface area contributed by atoms with Crippen molar-refractivity contribution in [2.24, 2.45) is 0 Å². The fourth-order valence-electron chi connectivity index (χ4n) is 4.02. The summed E-state index contributed by atoms with van der Waals surface area (Å²) < 4.78 is 1.43. The number of hydrogen-bond acceptors (Lipinski definition) is 6. The van der Waals surface area contributed by atoms with Crippen LogP contribution in [0.15, 0.2) is 47.3 Å². The SMILES string of the molecule is Cc1cccc(Nc2cccc([C@H]3CCCN3C(=O)Cn3c(C)cc(C)nc3=O)n2)n1. The number of hydrogen-bond donors (Lipinski definition) is 1. The number of nitrogens with zero attached hydrogens (tertiary/aromatic N) is 5. The second-order valence-corrected chi connectivity index (χ2v) is 7.89. The first-order valence-corrected chi connectivity index (χ1v) is 10.4. The number of aryl methyl sites for hydroxylation is 3. The molecule has 3 aromatic rings. The molecule has 8 nitrogen and oxygen atoms in total. The Morgan fingerprint density at radius 2 is 1.77 bits per heavy atom. The molecular weight excluding hydrogens is 392 g/mol. The molecule has 8 heteroatoms. The standard InChI is InChI=1S/C23H26N6O2/c1-15-7-4-10-20(24-15)27-21-11-5-8-18(26-21)19-9-6-12-28(19)22(30)14-29-17(3)13-16(2)25-23(29)31/h4-5,7-8,10-11,13,19H,6,9,12,14H2,1-3H3,(H,24,26,27)/t19-/m1/s1. The van der Waals surface area contributed by atoms with E-state index in [4.69, 9.17) is 4.98 Å². The summed E-state index contributed by atoms with van der Waals surface area (Å²) in [6, 6.07) is 13.2. The first-order chi connectivity index (χ1) is 14.9. The lowest BCUT2D eigenvalue weighted by atomic mass is 10.1. The zero-order valence-electron chi connectivity index (χ0n) is 18.0. The molecular formula is C23H26N6O2. The van der Waals surface area contributed by atoms with Crippen LogP contribution in [0.3, 0.4) is 0 Å². The van der Waals surface area contributed by atoms with E-state index < -0.39 is 5.69 Å². The average Bonchev–Trinajstić information content (AvgIpc) is 3.21. The molecule has 31 heavy (non-hydrogen) atoms. The summed E-state index contributed by atoms with van der Waals surface area (Å²) in [6.45, 7) is 6.17. The molecule has 4 heterocycles. The van der Waals surface area contributed by atoms with Crippen LogP contribution in [0.4, 0.5) is 11.6 Å². The Morgan fingerprint density at radius 1 is 1.03 bits per heavy atom. The number of anilines is 2. The van der Waals surface area contributed by atoms with E-state index in [1.807, 2.05) is 61.2 Å². The van der Waals surface area contributed by atoms with Gasteiger partial charge in [0.2, 0.25) is 5.91 Å². The number of likely N-dealkylation sites (tertiary alicyclic amines) is 1. The number of rotatable bonds is 5. The summed E-state index contributed by atoms with van der Waals surface area (Å²) in [4.78, 5) is 40.3. The number of amides is 1. The van der Waals surface area contributed by atoms with Crippen LogP contribution in [0.25, 0.3) is 0 Å². The van der Waals surface area contributed by atoms with Crippen LogP contribution < -0.4 is 11.0 Å². The van der Waals surface area contributed by atoms with Crippen LogP contribution >= 0.6 is 0 Å². The Morgan fingerprint density at radius 3 is 2.52 bits per heavy atom. The highest BCUT2D eigenvalue weighted by Gasteiger charge is 2.31. The monoisotopic (exact) mass is 418 g/mol. The smallest absolute Gasteiger partial charge is 0.333 e. The highest BCUT2D eigenvalue weighted by molar-refractivity contribution is 5.77. The van der Waals surface area contributed by atoms with Crippen LogP contribution in [0.1, 0.15) is 41.7 Å². The van der Waals surface area contributed by atoms with Crippen molar-refractivity contribution >= 4 is 17.5 Å². The van der Waals surface area contributed by atoms with E-state index in [0.29, 0.717) is 18.1 Å². The summed E-state index contributed by atoms with van der Waals surface area (Å²) in [5, 5.41) is 3.23. The van der Waals surface area contributed by atoms with Crippen molar-refractivity contribution in [3.05, 3.63) is 75.7 Å². The Kier molecular flexibility index (Phi) is 5.79. The molecule has 0 aromatic carbocycles. The Bertz CT molecular complexity index is 1170. The molecule has 0 spiro atoms. The van der Waals surface area contributed by atoms with Gasteiger partial charge in [-0.25, -0.2) is 14.8 Å². The number of aromatic nitrogens is 4. The molecule has 1 atom stereocenters. The van der Waals surface area contributed by atoms with Crippen molar-refractivity contribution in [3.63, 3.8) is 0 Å². The molecule has 0 saturated carbocycles. The van der Waals surface area contributed by atoms with E-state index in [9.17, 15) is 9.59 Å². The zero-order chi connectivity index (χ0) is 22.0. The zero-order valence-corrected chi connectivity index (χ0v) is 18.0. The predicted octanol–water partition coefficient (Wildman–Crippen LogP) is 3.07. The molecule has 1 fully saturated rings. The van der Waals surface area contributed by atoms with E-state index in [2.05, 4.69) is 15.3 Å². The largest absolute Gasteiger partial charge is 0.348 e. The Hall–Kier alpha value is -3.55. The number of nitrogens with one attached hydrogen (secondary N) is 1. The summed E-state index contributed by atoms with van der Waals surface area (Å²) in [5.41, 5.74) is 2.74. The van der Waals surface area contributed by atoms with Crippen LogP contribution in [-0.4, -0.2) is 36.9 Å². The minimum Gasteiger partial charge on any atom is -0.333 e. The van der Waals surface area contributed by atoms with Gasteiger partial charge in [0, 0.05) is 23.6 Å². The van der Waals surface area contributed by atoms with Crippen molar-refractivity contribution in [2.75, 3.05) is 11.9 Å². The van der Waals surface area contributed by atoms with E-state index in [1.165, 1.54) is 4.57 Å². The van der Waals surface area contributed by atoms with E-state index in [1.54, 1.807) is 6.92 Å². The molecule has 4 rings (SSSR count). The van der Waals surface area contributed by atoms with Crippen molar-refractivity contribution in [2.45, 2.75) is 46.2 Å². The highest BCUT2D eigenvalue weighted by atomic mass is 16.2. The van der Waals surface area contributed by atoms with Crippen LogP contribution in [-0.2, 0) is 11.3 Å². The first kappa shape index (κ1) is 20.7. The van der Waals surface area contributed by atoms with Gasteiger partial charge in [0.05, 0.1) is 11.7 Å². The first-order valence-electron chi connectivity index (χ1n) is 10.4. The molecule has 1 saturated heterocycles. The molecule has 0 radical (unpaired) electrons. The van der Waals surface area contributed by atoms with Crippen LogP contribution in [0.5, 0.6) is 0 Å². The van der Waals surface area contributed by atoms with Gasteiger partial charge in [0.1, 0.15) is 18.2 Å². The molecule has 1 N–H and O–H groups in total. The van der Waals surface area contributed by atoms with Gasteiger partial charge >= 0.3 is 5.69 Å². The van der Waals surface area contributed by atoms with Gasteiger partial charge in [0.15, 0.2) is 0 Å². The summed E-state index contributed by atoms with van der Waals surface area (Å²) >= 11 is 0. The van der Waals surface area contributed by atoms with E-state index in [0.717, 1.165) is 35.7 Å². The van der Waals surface area contributed by atoms with Gasteiger partial charge in [-0.3, -0.25) is 9.36 Å². The van der Waals surface area contributed by atoms with Crippen LogP contribution in [0.2, 0.25) is 0 Å². The van der Waals surface area contributed by atoms with Gasteiger partial charge in [-0.15, -0.1) is 0 Å². The minimum atomic E-state index is -0.392. The molecule has 1 aliphatic heterocycles. The normalized spacial score (nSPS) is 15.8. The highest BCUT2D eigenvalue weighted by Crippen LogP contribution is 2.32. The lowest BCUT2D eigenvalue weighted by Gasteiger charge is -2.25. The number of carbonyl (C=O) groups excluding carboxylic acids is 1. The third-order valence-corrected chi connectivity index (χ3v) is 5.47. The molecule has 160 valence electrons.